The summed E-state index contributed by atoms with van der Waals surface area (Å²) >= 11 is 7.10. The number of benzene rings is 1. The zero-order valence-corrected chi connectivity index (χ0v) is 15.1. The third-order valence-corrected chi connectivity index (χ3v) is 5.13. The van der Waals surface area contributed by atoms with Crippen molar-refractivity contribution in [1.29, 1.82) is 0 Å². The Morgan fingerprint density at radius 1 is 1.35 bits per heavy atom. The van der Waals surface area contributed by atoms with Crippen molar-refractivity contribution in [3.63, 3.8) is 0 Å². The van der Waals surface area contributed by atoms with Crippen molar-refractivity contribution in [3.8, 4) is 5.75 Å². The first-order valence-electron chi connectivity index (χ1n) is 8.02. The Morgan fingerprint density at radius 3 is 3.00 bits per heavy atom. The van der Waals surface area contributed by atoms with Crippen molar-refractivity contribution in [2.75, 3.05) is 5.32 Å². The molecule has 4 rings (SSSR count). The van der Waals surface area contributed by atoms with E-state index in [1.807, 2.05) is 12.2 Å². The van der Waals surface area contributed by atoms with Crippen molar-refractivity contribution in [3.05, 3.63) is 62.8 Å². The number of ether oxygens (including phenoxy) is 1. The van der Waals surface area contributed by atoms with Crippen molar-refractivity contribution < 1.29 is 14.3 Å². The molecule has 1 aromatic heterocycles. The lowest BCUT2D eigenvalue weighted by Crippen LogP contribution is -2.22. The molecule has 1 aromatic carbocycles. The molecule has 6 nitrogen and oxygen atoms in total. The Morgan fingerprint density at radius 2 is 2.19 bits per heavy atom. The van der Waals surface area contributed by atoms with Gasteiger partial charge in [0.1, 0.15) is 5.76 Å². The molecule has 2 N–H and O–H groups in total. The van der Waals surface area contributed by atoms with Crippen LogP contribution in [0.25, 0.3) is 0 Å². The number of anilines is 1. The molecule has 2 aromatic rings. The first kappa shape index (κ1) is 16.8. The van der Waals surface area contributed by atoms with Crippen molar-refractivity contribution in [2.45, 2.75) is 19.4 Å². The van der Waals surface area contributed by atoms with Gasteiger partial charge in [-0.1, -0.05) is 17.7 Å². The molecule has 0 saturated carbocycles. The summed E-state index contributed by atoms with van der Waals surface area (Å²) in [5, 5.41) is 5.62. The molecule has 8 heteroatoms. The van der Waals surface area contributed by atoms with Crippen LogP contribution in [0.5, 0.6) is 5.75 Å². The summed E-state index contributed by atoms with van der Waals surface area (Å²) in [6.07, 6.45) is 7.04. The fourth-order valence-corrected chi connectivity index (χ4v) is 3.67. The minimum Gasteiger partial charge on any atom is -0.455 e. The van der Waals surface area contributed by atoms with E-state index in [4.69, 9.17) is 16.3 Å². The van der Waals surface area contributed by atoms with Crippen LogP contribution in [0, 0.1) is 0 Å². The van der Waals surface area contributed by atoms with E-state index in [0.29, 0.717) is 39.3 Å². The molecule has 0 atom stereocenters. The van der Waals surface area contributed by atoms with Crippen LogP contribution in [0.3, 0.4) is 0 Å². The van der Waals surface area contributed by atoms with Gasteiger partial charge in [-0.15, -0.1) is 11.3 Å². The monoisotopic (exact) mass is 387 g/mol. The van der Waals surface area contributed by atoms with Crippen LogP contribution in [0.15, 0.2) is 47.9 Å². The van der Waals surface area contributed by atoms with Crippen LogP contribution in [-0.4, -0.2) is 16.8 Å². The molecular weight excluding hydrogens is 374 g/mol. The van der Waals surface area contributed by atoms with Crippen LogP contribution >= 0.6 is 22.9 Å². The zero-order chi connectivity index (χ0) is 18.1. The van der Waals surface area contributed by atoms with E-state index in [-0.39, 0.29) is 11.8 Å². The second-order valence-corrected chi connectivity index (χ2v) is 7.49. The van der Waals surface area contributed by atoms with Gasteiger partial charge in [0.2, 0.25) is 0 Å². The Labute approximate surface area is 158 Å². The van der Waals surface area contributed by atoms with Crippen molar-refractivity contribution >= 4 is 40.4 Å². The van der Waals surface area contributed by atoms with E-state index in [1.54, 1.807) is 24.4 Å². The molecule has 2 amide bonds. The predicted molar refractivity (Wildman–Crippen MR) is 99.4 cm³/mol. The summed E-state index contributed by atoms with van der Waals surface area (Å²) in [5.41, 5.74) is 1.43. The van der Waals surface area contributed by atoms with Crippen LogP contribution in [0.1, 0.15) is 28.1 Å². The molecule has 0 fully saturated rings. The number of halogens is 1. The second-order valence-electron chi connectivity index (χ2n) is 5.79. The highest BCUT2D eigenvalue weighted by Crippen LogP contribution is 2.34. The third-order valence-electron chi connectivity index (χ3n) is 4.01. The van der Waals surface area contributed by atoms with E-state index in [0.717, 1.165) is 17.7 Å². The van der Waals surface area contributed by atoms with E-state index in [9.17, 15) is 9.59 Å². The summed E-state index contributed by atoms with van der Waals surface area (Å²) in [6.45, 7) is 0.336. The van der Waals surface area contributed by atoms with Gasteiger partial charge >= 0.3 is 0 Å². The van der Waals surface area contributed by atoms with Gasteiger partial charge in [0.15, 0.2) is 10.2 Å². The Balaban J connectivity index is 1.54. The van der Waals surface area contributed by atoms with Gasteiger partial charge < -0.3 is 15.4 Å². The smallest absolute Gasteiger partial charge is 0.259 e. The summed E-state index contributed by atoms with van der Waals surface area (Å²) in [5.74, 6) is 0.589. The van der Waals surface area contributed by atoms with Gasteiger partial charge in [-0.05, 0) is 37.1 Å². The van der Waals surface area contributed by atoms with Gasteiger partial charge in [0, 0.05) is 16.6 Å². The summed E-state index contributed by atoms with van der Waals surface area (Å²) < 4.78 is 6.29. The number of amides is 2. The van der Waals surface area contributed by atoms with E-state index in [1.165, 1.54) is 11.3 Å². The number of nitrogens with zero attached hydrogens (tertiary/aromatic N) is 1. The molecule has 1 aliphatic carbocycles. The normalized spacial score (nSPS) is 15.5. The minimum absolute atomic E-state index is 0.230. The molecule has 0 saturated heterocycles. The van der Waals surface area contributed by atoms with Gasteiger partial charge in [-0.2, -0.15) is 0 Å². The van der Waals surface area contributed by atoms with Gasteiger partial charge in [-0.3, -0.25) is 9.59 Å². The number of allylic oxidation sites excluding steroid dienone is 2. The summed E-state index contributed by atoms with van der Waals surface area (Å²) in [6, 6.07) is 4.96. The zero-order valence-electron chi connectivity index (χ0n) is 13.5. The molecule has 2 aliphatic rings. The number of hydrogen-bond acceptors (Lipinski definition) is 5. The molecule has 0 bridgehead atoms. The van der Waals surface area contributed by atoms with Gasteiger partial charge in [0.05, 0.1) is 17.8 Å². The molecule has 26 heavy (non-hydrogen) atoms. The molecule has 0 radical (unpaired) electrons. The second kappa shape index (κ2) is 6.93. The van der Waals surface area contributed by atoms with Crippen LogP contribution in [0.4, 0.5) is 5.69 Å². The number of aromatic nitrogens is 1. The number of carbonyl (C=O) groups excluding carboxylic acids is 2. The highest BCUT2D eigenvalue weighted by Gasteiger charge is 2.25. The van der Waals surface area contributed by atoms with E-state index in [2.05, 4.69) is 15.6 Å². The molecule has 1 aliphatic heterocycles. The van der Waals surface area contributed by atoms with Gasteiger partial charge in [-0.25, -0.2) is 4.98 Å². The molecular formula is C18H14ClN3O3S. The molecule has 0 spiro atoms. The van der Waals surface area contributed by atoms with E-state index < -0.39 is 0 Å². The third kappa shape index (κ3) is 3.36. The van der Waals surface area contributed by atoms with Crippen molar-refractivity contribution in [2.24, 2.45) is 0 Å². The standard InChI is InChI=1S/C18H14ClN3O3S/c19-18-21-9-11(26-18)8-20-16(23)10-5-6-15-13(7-10)22-17(24)12-3-1-2-4-14(12)25-15/h3-7,9H,1-2,8H2,(H,20,23)(H,22,24). The maximum atomic E-state index is 12.4. The average Bonchev–Trinajstić information content (AvgIpc) is 3.00. The summed E-state index contributed by atoms with van der Waals surface area (Å²) in [4.78, 5) is 29.6. The Bertz CT molecular complexity index is 964. The number of fused-ring (bicyclic) bond motifs is 2. The number of rotatable bonds is 3. The summed E-state index contributed by atoms with van der Waals surface area (Å²) in [7, 11) is 0. The number of thiazole rings is 1. The maximum Gasteiger partial charge on any atom is 0.259 e. The lowest BCUT2D eigenvalue weighted by molar-refractivity contribution is -0.112. The first-order chi connectivity index (χ1) is 12.6. The minimum atomic E-state index is -0.258. The van der Waals surface area contributed by atoms with Crippen LogP contribution in [-0.2, 0) is 11.3 Å². The quantitative estimate of drug-likeness (QED) is 0.842. The number of hydrogen-bond donors (Lipinski definition) is 2. The predicted octanol–water partition coefficient (Wildman–Crippen LogP) is 3.66. The highest BCUT2D eigenvalue weighted by atomic mass is 35.5. The van der Waals surface area contributed by atoms with Crippen LogP contribution in [0.2, 0.25) is 4.47 Å². The first-order valence-corrected chi connectivity index (χ1v) is 9.22. The van der Waals surface area contributed by atoms with E-state index >= 15 is 0 Å². The lowest BCUT2D eigenvalue weighted by Gasteiger charge is -2.12. The largest absolute Gasteiger partial charge is 0.455 e. The maximum absolute atomic E-state index is 12.4. The van der Waals surface area contributed by atoms with Gasteiger partial charge in [0.25, 0.3) is 11.8 Å². The average molecular weight is 388 g/mol. The van der Waals surface area contributed by atoms with Crippen molar-refractivity contribution in [1.82, 2.24) is 10.3 Å². The Kier molecular flexibility index (Phi) is 4.48. The topological polar surface area (TPSA) is 80.3 Å². The lowest BCUT2D eigenvalue weighted by atomic mass is 10.0. The molecule has 2 heterocycles. The number of nitrogens with one attached hydrogen (secondary N) is 2. The molecule has 132 valence electrons. The SMILES string of the molecule is O=C1Nc2cc(C(=O)NCc3cnc(Cl)s3)ccc2OC2=CCCC=C12. The van der Waals surface area contributed by atoms with Crippen LogP contribution < -0.4 is 15.4 Å². The fourth-order valence-electron chi connectivity index (χ4n) is 2.75. The fraction of sp³-hybridized carbons (Fsp3) is 0.167. The Hall–Kier alpha value is -2.64. The highest BCUT2D eigenvalue weighted by molar-refractivity contribution is 7.15. The number of carbonyl (C=O) groups is 2. The molecule has 0 unspecified atom stereocenters.